The summed E-state index contributed by atoms with van der Waals surface area (Å²) in [6.07, 6.45) is 1.20. The summed E-state index contributed by atoms with van der Waals surface area (Å²) in [5.41, 5.74) is 5.45. The zero-order chi connectivity index (χ0) is 9.19. The molecule has 1 fully saturated rings. The molecule has 0 aromatic rings. The highest BCUT2D eigenvalue weighted by molar-refractivity contribution is 4.90. The normalized spacial score (nSPS) is 30.5. The lowest BCUT2D eigenvalue weighted by atomic mass is 10.2. The molecular formula is C8H16F2N2. The van der Waals surface area contributed by atoms with Crippen LogP contribution in [0.4, 0.5) is 8.78 Å². The Morgan fingerprint density at radius 3 is 2.75 bits per heavy atom. The molecule has 72 valence electrons. The molecule has 0 heterocycles. The molecule has 0 aromatic heterocycles. The maximum Gasteiger partial charge on any atom is 0.263 e. The molecule has 1 aliphatic carbocycles. The molecule has 0 spiro atoms. The van der Waals surface area contributed by atoms with Crippen LogP contribution in [-0.2, 0) is 0 Å². The van der Waals surface area contributed by atoms with E-state index in [0.717, 1.165) is 0 Å². The quantitative estimate of drug-likeness (QED) is 0.679. The van der Waals surface area contributed by atoms with Crippen molar-refractivity contribution in [3.63, 3.8) is 0 Å². The van der Waals surface area contributed by atoms with E-state index in [2.05, 4.69) is 5.32 Å². The number of alkyl halides is 2. The zero-order valence-electron chi connectivity index (χ0n) is 7.32. The van der Waals surface area contributed by atoms with Gasteiger partial charge in [0, 0.05) is 19.0 Å². The number of rotatable bonds is 3. The molecule has 1 rings (SSSR count). The van der Waals surface area contributed by atoms with Gasteiger partial charge in [0.15, 0.2) is 0 Å². The van der Waals surface area contributed by atoms with Gasteiger partial charge in [-0.1, -0.05) is 0 Å². The van der Waals surface area contributed by atoms with E-state index in [1.54, 1.807) is 6.92 Å². The van der Waals surface area contributed by atoms with Gasteiger partial charge in [-0.15, -0.1) is 0 Å². The Kier molecular flexibility index (Phi) is 3.01. The summed E-state index contributed by atoms with van der Waals surface area (Å²) in [5, 5.41) is 2.80. The third-order valence-electron chi connectivity index (χ3n) is 2.20. The maximum absolute atomic E-state index is 13.0. The average Bonchev–Trinajstić information content (AvgIpc) is 2.25. The van der Waals surface area contributed by atoms with Gasteiger partial charge in [-0.3, -0.25) is 0 Å². The predicted molar refractivity (Wildman–Crippen MR) is 44.2 cm³/mol. The van der Waals surface area contributed by atoms with Gasteiger partial charge in [0.2, 0.25) is 0 Å². The molecule has 0 aliphatic heterocycles. The average molecular weight is 178 g/mol. The number of hydrogen-bond acceptors (Lipinski definition) is 2. The molecule has 2 atom stereocenters. The van der Waals surface area contributed by atoms with Crippen molar-refractivity contribution in [2.75, 3.05) is 6.54 Å². The minimum atomic E-state index is -2.52. The molecule has 0 amide bonds. The molecule has 0 radical (unpaired) electrons. The van der Waals surface area contributed by atoms with Gasteiger partial charge in [0.05, 0.1) is 6.04 Å². The van der Waals surface area contributed by atoms with Gasteiger partial charge in [0.1, 0.15) is 0 Å². The van der Waals surface area contributed by atoms with Crippen molar-refractivity contribution in [1.82, 2.24) is 5.32 Å². The van der Waals surface area contributed by atoms with Crippen LogP contribution >= 0.6 is 0 Å². The van der Waals surface area contributed by atoms with E-state index in [1.165, 1.54) is 0 Å². The van der Waals surface area contributed by atoms with Crippen LogP contribution in [0.5, 0.6) is 0 Å². The molecule has 3 N–H and O–H groups in total. The molecule has 1 unspecified atom stereocenters. The fourth-order valence-electron chi connectivity index (χ4n) is 1.51. The lowest BCUT2D eigenvalue weighted by Crippen LogP contribution is -2.45. The van der Waals surface area contributed by atoms with Crippen LogP contribution in [0.1, 0.15) is 26.2 Å². The van der Waals surface area contributed by atoms with E-state index in [1.807, 2.05) is 0 Å². The van der Waals surface area contributed by atoms with E-state index in [4.69, 9.17) is 5.73 Å². The highest BCUT2D eigenvalue weighted by atomic mass is 19.3. The van der Waals surface area contributed by atoms with Crippen LogP contribution in [0, 0.1) is 0 Å². The van der Waals surface area contributed by atoms with Crippen molar-refractivity contribution in [2.24, 2.45) is 5.73 Å². The van der Waals surface area contributed by atoms with Crippen LogP contribution in [-0.4, -0.2) is 24.6 Å². The molecular weight excluding hydrogens is 162 g/mol. The molecule has 1 aliphatic rings. The van der Waals surface area contributed by atoms with Gasteiger partial charge < -0.3 is 11.1 Å². The van der Waals surface area contributed by atoms with Crippen LogP contribution < -0.4 is 11.1 Å². The Morgan fingerprint density at radius 2 is 2.33 bits per heavy atom. The van der Waals surface area contributed by atoms with Crippen molar-refractivity contribution in [3.05, 3.63) is 0 Å². The summed E-state index contributed by atoms with van der Waals surface area (Å²) < 4.78 is 25.9. The zero-order valence-corrected chi connectivity index (χ0v) is 7.32. The predicted octanol–water partition coefficient (Wildman–Crippen LogP) is 1.11. The molecule has 4 heteroatoms. The fourth-order valence-corrected chi connectivity index (χ4v) is 1.51. The second kappa shape index (κ2) is 3.66. The minimum absolute atomic E-state index is 0.0175. The highest BCUT2D eigenvalue weighted by Crippen LogP contribution is 2.34. The highest BCUT2D eigenvalue weighted by Gasteiger charge is 2.43. The smallest absolute Gasteiger partial charge is 0.263 e. The number of halogens is 2. The largest absolute Gasteiger partial charge is 0.327 e. The Morgan fingerprint density at radius 1 is 1.67 bits per heavy atom. The summed E-state index contributed by atoms with van der Waals surface area (Å²) in [6, 6.07) is -0.704. The monoisotopic (exact) mass is 178 g/mol. The molecule has 12 heavy (non-hydrogen) atoms. The third-order valence-corrected chi connectivity index (χ3v) is 2.20. The Hall–Kier alpha value is -0.220. The van der Waals surface area contributed by atoms with E-state index >= 15 is 0 Å². The number of nitrogens with one attached hydrogen (secondary N) is 1. The molecule has 1 saturated carbocycles. The standard InChI is InChI=1S/C8H16F2N2/c1-6(11)5-12-7-3-2-4-8(7,9)10/h6-7,12H,2-5,11H2,1H3/t6-,7?/m1/s1. The van der Waals surface area contributed by atoms with Crippen molar-refractivity contribution < 1.29 is 8.78 Å². The van der Waals surface area contributed by atoms with E-state index < -0.39 is 12.0 Å². The second-order valence-corrected chi connectivity index (χ2v) is 3.59. The number of hydrogen-bond donors (Lipinski definition) is 2. The first kappa shape index (κ1) is 9.86. The summed E-state index contributed by atoms with van der Waals surface area (Å²) in [4.78, 5) is 0. The van der Waals surface area contributed by atoms with Crippen LogP contribution in [0.25, 0.3) is 0 Å². The molecule has 0 bridgehead atoms. The Labute approximate surface area is 71.5 Å². The summed E-state index contributed by atoms with van der Waals surface area (Å²) >= 11 is 0. The van der Waals surface area contributed by atoms with E-state index in [9.17, 15) is 8.78 Å². The topological polar surface area (TPSA) is 38.0 Å². The van der Waals surface area contributed by atoms with Gasteiger partial charge in [0.25, 0.3) is 5.92 Å². The van der Waals surface area contributed by atoms with Gasteiger partial charge >= 0.3 is 0 Å². The van der Waals surface area contributed by atoms with Crippen LogP contribution in [0.3, 0.4) is 0 Å². The van der Waals surface area contributed by atoms with Gasteiger partial charge in [-0.2, -0.15) is 0 Å². The molecule has 0 aromatic carbocycles. The van der Waals surface area contributed by atoms with Crippen molar-refractivity contribution in [2.45, 2.75) is 44.2 Å². The van der Waals surface area contributed by atoms with Crippen molar-refractivity contribution in [3.8, 4) is 0 Å². The SMILES string of the molecule is C[C@@H](N)CNC1CCCC1(F)F. The Bertz CT molecular complexity index is 148. The summed E-state index contributed by atoms with van der Waals surface area (Å²) in [6.45, 7) is 2.28. The third kappa shape index (κ3) is 2.38. The minimum Gasteiger partial charge on any atom is -0.327 e. The number of nitrogens with two attached hydrogens (primary N) is 1. The lowest BCUT2D eigenvalue weighted by Gasteiger charge is -2.21. The summed E-state index contributed by atoms with van der Waals surface area (Å²) in [5.74, 6) is -2.52. The first-order chi connectivity index (χ1) is 5.52. The van der Waals surface area contributed by atoms with Gasteiger partial charge in [-0.25, -0.2) is 8.78 Å². The van der Waals surface area contributed by atoms with E-state index in [-0.39, 0.29) is 12.5 Å². The molecule has 0 saturated heterocycles. The fraction of sp³-hybridized carbons (Fsp3) is 1.00. The van der Waals surface area contributed by atoms with E-state index in [0.29, 0.717) is 19.4 Å². The van der Waals surface area contributed by atoms with Crippen molar-refractivity contribution in [1.29, 1.82) is 0 Å². The van der Waals surface area contributed by atoms with Crippen LogP contribution in [0.2, 0.25) is 0 Å². The van der Waals surface area contributed by atoms with Crippen LogP contribution in [0.15, 0.2) is 0 Å². The Balaban J connectivity index is 2.32. The lowest BCUT2D eigenvalue weighted by molar-refractivity contribution is -0.0179. The second-order valence-electron chi connectivity index (χ2n) is 3.59. The first-order valence-electron chi connectivity index (χ1n) is 4.39. The first-order valence-corrected chi connectivity index (χ1v) is 4.39. The van der Waals surface area contributed by atoms with Crippen molar-refractivity contribution >= 4 is 0 Å². The summed E-state index contributed by atoms with van der Waals surface area (Å²) in [7, 11) is 0. The van der Waals surface area contributed by atoms with Gasteiger partial charge in [-0.05, 0) is 19.8 Å². The molecule has 2 nitrogen and oxygen atoms in total. The maximum atomic E-state index is 13.0.